The van der Waals surface area contributed by atoms with E-state index in [9.17, 15) is 9.90 Å². The summed E-state index contributed by atoms with van der Waals surface area (Å²) in [5.74, 6) is 0.435. The molecule has 0 saturated carbocycles. The van der Waals surface area contributed by atoms with Crippen molar-refractivity contribution in [1.82, 2.24) is 0 Å². The van der Waals surface area contributed by atoms with Gasteiger partial charge in [0.05, 0.1) is 0 Å². The number of hydrogen-bond acceptors (Lipinski definition) is 2. The third-order valence-corrected chi connectivity index (χ3v) is 3.88. The van der Waals surface area contributed by atoms with Gasteiger partial charge in [-0.15, -0.1) is 0 Å². The Labute approximate surface area is 115 Å². The number of Topliss-reactive ketones (excluding diaryl/α,β-unsaturated/α-hetero) is 1. The number of ketones is 1. The molecule has 0 amide bonds. The SMILES string of the molecule is O=C1C=c2cc3ccc4cccc(O)c4c3cc2=CC1. The number of carbonyl (C=O) groups is 1. The van der Waals surface area contributed by atoms with Gasteiger partial charge in [-0.3, -0.25) is 4.79 Å². The van der Waals surface area contributed by atoms with Crippen LogP contribution in [-0.4, -0.2) is 10.9 Å². The number of aromatic hydroxyl groups is 1. The molecule has 4 rings (SSSR count). The third kappa shape index (κ3) is 1.55. The highest BCUT2D eigenvalue weighted by molar-refractivity contribution is 6.12. The van der Waals surface area contributed by atoms with Crippen LogP contribution in [0.3, 0.4) is 0 Å². The van der Waals surface area contributed by atoms with Crippen LogP contribution >= 0.6 is 0 Å². The van der Waals surface area contributed by atoms with Gasteiger partial charge in [0.2, 0.25) is 0 Å². The average Bonchev–Trinajstić information content (AvgIpc) is 2.45. The molecular weight excluding hydrogens is 248 g/mol. The van der Waals surface area contributed by atoms with E-state index in [-0.39, 0.29) is 5.78 Å². The topological polar surface area (TPSA) is 37.3 Å². The maximum atomic E-state index is 11.5. The lowest BCUT2D eigenvalue weighted by atomic mass is 9.97. The minimum atomic E-state index is 0.139. The monoisotopic (exact) mass is 260 g/mol. The molecule has 3 aromatic carbocycles. The molecule has 0 spiro atoms. The second-order valence-electron chi connectivity index (χ2n) is 5.16. The Hall–Kier alpha value is -2.61. The lowest BCUT2D eigenvalue weighted by molar-refractivity contribution is -0.112. The molecule has 0 aromatic heterocycles. The summed E-state index contributed by atoms with van der Waals surface area (Å²) in [5, 5.41) is 16.1. The van der Waals surface area contributed by atoms with Crippen molar-refractivity contribution < 1.29 is 9.90 Å². The van der Waals surface area contributed by atoms with E-state index in [1.165, 1.54) is 0 Å². The van der Waals surface area contributed by atoms with Gasteiger partial charge in [-0.2, -0.15) is 0 Å². The molecule has 0 bridgehead atoms. The largest absolute Gasteiger partial charge is 0.507 e. The minimum Gasteiger partial charge on any atom is -0.507 e. The molecular formula is C18H12O2. The van der Waals surface area contributed by atoms with Gasteiger partial charge in [0.15, 0.2) is 5.78 Å². The molecule has 2 heteroatoms. The molecule has 0 saturated heterocycles. The summed E-state index contributed by atoms with van der Waals surface area (Å²) in [6.45, 7) is 0. The molecule has 0 heterocycles. The molecule has 1 aliphatic rings. The van der Waals surface area contributed by atoms with Gasteiger partial charge >= 0.3 is 0 Å². The highest BCUT2D eigenvalue weighted by atomic mass is 16.3. The lowest BCUT2D eigenvalue weighted by Gasteiger charge is -2.08. The number of benzene rings is 3. The Bertz CT molecular complexity index is 997. The van der Waals surface area contributed by atoms with Crippen molar-refractivity contribution in [3.63, 3.8) is 0 Å². The van der Waals surface area contributed by atoms with Crippen molar-refractivity contribution in [3.8, 4) is 5.75 Å². The van der Waals surface area contributed by atoms with Crippen molar-refractivity contribution in [2.24, 2.45) is 0 Å². The molecule has 2 nitrogen and oxygen atoms in total. The van der Waals surface area contributed by atoms with Crippen molar-refractivity contribution >= 4 is 39.5 Å². The van der Waals surface area contributed by atoms with E-state index in [4.69, 9.17) is 0 Å². The minimum absolute atomic E-state index is 0.139. The van der Waals surface area contributed by atoms with Gasteiger partial charge in [0.25, 0.3) is 0 Å². The van der Waals surface area contributed by atoms with Gasteiger partial charge in [0.1, 0.15) is 5.75 Å². The van der Waals surface area contributed by atoms with E-state index in [0.717, 1.165) is 32.0 Å². The van der Waals surface area contributed by atoms with E-state index < -0.39 is 0 Å². The normalized spacial score (nSPS) is 13.9. The van der Waals surface area contributed by atoms with Crippen molar-refractivity contribution in [1.29, 1.82) is 0 Å². The first kappa shape index (κ1) is 11.2. The highest BCUT2D eigenvalue weighted by Gasteiger charge is 2.07. The number of rotatable bonds is 0. The fourth-order valence-electron chi connectivity index (χ4n) is 2.92. The number of phenols is 1. The van der Waals surface area contributed by atoms with Gasteiger partial charge in [-0.05, 0) is 50.9 Å². The van der Waals surface area contributed by atoms with E-state index in [2.05, 4.69) is 6.07 Å². The van der Waals surface area contributed by atoms with Crippen LogP contribution in [0.5, 0.6) is 5.75 Å². The van der Waals surface area contributed by atoms with Crippen LogP contribution in [0.15, 0.2) is 42.5 Å². The van der Waals surface area contributed by atoms with Crippen LogP contribution in [-0.2, 0) is 4.79 Å². The quantitative estimate of drug-likeness (QED) is 0.629. The second kappa shape index (κ2) is 3.94. The van der Waals surface area contributed by atoms with Crippen molar-refractivity contribution in [3.05, 3.63) is 52.9 Å². The van der Waals surface area contributed by atoms with Gasteiger partial charge in [-0.25, -0.2) is 0 Å². The Kier molecular flexibility index (Phi) is 2.21. The molecule has 0 aliphatic heterocycles. The van der Waals surface area contributed by atoms with Gasteiger partial charge in [0, 0.05) is 11.8 Å². The van der Waals surface area contributed by atoms with E-state index in [1.54, 1.807) is 12.1 Å². The van der Waals surface area contributed by atoms with Crippen LogP contribution in [0.1, 0.15) is 6.42 Å². The Morgan fingerprint density at radius 1 is 0.950 bits per heavy atom. The Morgan fingerprint density at radius 2 is 1.80 bits per heavy atom. The van der Waals surface area contributed by atoms with Crippen LogP contribution in [0.2, 0.25) is 0 Å². The van der Waals surface area contributed by atoms with E-state index in [1.807, 2.05) is 36.4 Å². The first-order chi connectivity index (χ1) is 9.72. The summed E-state index contributed by atoms with van der Waals surface area (Å²) >= 11 is 0. The number of hydrogen-bond donors (Lipinski definition) is 1. The van der Waals surface area contributed by atoms with Gasteiger partial charge in [-0.1, -0.05) is 30.3 Å². The standard InChI is InChI=1S/C18H12O2/c19-15-7-6-12-10-16-13(8-14(12)9-15)5-4-11-2-1-3-17(20)18(11)16/h1-6,8-10,20H,7H2. The Balaban J connectivity index is 2.26. The maximum Gasteiger partial charge on any atom is 0.160 e. The van der Waals surface area contributed by atoms with E-state index >= 15 is 0 Å². The zero-order valence-corrected chi connectivity index (χ0v) is 10.8. The third-order valence-electron chi connectivity index (χ3n) is 3.88. The molecule has 1 N–H and O–H groups in total. The Morgan fingerprint density at radius 3 is 2.70 bits per heavy atom. The smallest absolute Gasteiger partial charge is 0.160 e. The average molecular weight is 260 g/mol. The summed E-state index contributed by atoms with van der Waals surface area (Å²) in [4.78, 5) is 11.5. The highest BCUT2D eigenvalue weighted by Crippen LogP contribution is 2.30. The second-order valence-corrected chi connectivity index (χ2v) is 5.16. The summed E-state index contributed by atoms with van der Waals surface area (Å²) in [7, 11) is 0. The summed E-state index contributed by atoms with van der Waals surface area (Å²) < 4.78 is 0. The van der Waals surface area contributed by atoms with Crippen molar-refractivity contribution in [2.45, 2.75) is 6.42 Å². The number of phenolic OH excluding ortho intramolecular Hbond substituents is 1. The molecule has 0 radical (unpaired) electrons. The predicted octanol–water partition coefficient (Wildman–Crippen LogP) is 2.23. The molecule has 20 heavy (non-hydrogen) atoms. The van der Waals surface area contributed by atoms with Crippen LogP contribution in [0, 0.1) is 0 Å². The molecule has 1 aliphatic carbocycles. The molecule has 0 fully saturated rings. The van der Waals surface area contributed by atoms with Crippen LogP contribution in [0.25, 0.3) is 33.7 Å². The molecule has 3 aromatic rings. The first-order valence-corrected chi connectivity index (χ1v) is 6.61. The van der Waals surface area contributed by atoms with Crippen LogP contribution < -0.4 is 10.4 Å². The van der Waals surface area contributed by atoms with E-state index in [0.29, 0.717) is 12.2 Å². The summed E-state index contributed by atoms with van der Waals surface area (Å²) in [5.41, 5.74) is 0. The zero-order chi connectivity index (χ0) is 13.7. The van der Waals surface area contributed by atoms with Gasteiger partial charge < -0.3 is 5.11 Å². The summed E-state index contributed by atoms with van der Waals surface area (Å²) in [6, 6.07) is 13.7. The zero-order valence-electron chi connectivity index (χ0n) is 10.8. The lowest BCUT2D eigenvalue weighted by Crippen LogP contribution is -2.28. The number of carbonyl (C=O) groups excluding carboxylic acids is 1. The fourth-order valence-corrected chi connectivity index (χ4v) is 2.92. The number of fused-ring (bicyclic) bond motifs is 4. The van der Waals surface area contributed by atoms with Crippen molar-refractivity contribution in [2.75, 3.05) is 0 Å². The molecule has 0 unspecified atom stereocenters. The maximum absolute atomic E-state index is 11.5. The summed E-state index contributed by atoms with van der Waals surface area (Å²) in [6.07, 6.45) is 4.11. The predicted molar refractivity (Wildman–Crippen MR) is 80.9 cm³/mol. The molecule has 96 valence electrons. The first-order valence-electron chi connectivity index (χ1n) is 6.61. The van der Waals surface area contributed by atoms with Crippen LogP contribution in [0.4, 0.5) is 0 Å². The fraction of sp³-hybridized carbons (Fsp3) is 0.0556. The molecule has 0 atom stereocenters.